The zero-order valence-electron chi connectivity index (χ0n) is 32.4. The molecule has 3 heteroatoms. The third-order valence-electron chi connectivity index (χ3n) is 12.1. The Morgan fingerprint density at radius 1 is 0.397 bits per heavy atom. The zero-order chi connectivity index (χ0) is 38.8. The molecule has 10 aromatic rings. The summed E-state index contributed by atoms with van der Waals surface area (Å²) in [5.74, 6) is 0. The first-order valence-corrected chi connectivity index (χ1v) is 20.0. The Labute approximate surface area is 338 Å². The number of hydrogen-bond acceptors (Lipinski definition) is 2. The number of aromatic nitrogens is 3. The van der Waals surface area contributed by atoms with Crippen molar-refractivity contribution in [2.45, 2.75) is 19.3 Å². The maximum Gasteiger partial charge on any atom is 0.0702 e. The van der Waals surface area contributed by atoms with Crippen molar-refractivity contribution in [2.75, 3.05) is 0 Å². The van der Waals surface area contributed by atoms with Gasteiger partial charge in [0.15, 0.2) is 0 Å². The lowest BCUT2D eigenvalue weighted by Gasteiger charge is -2.22. The number of fused-ring (bicyclic) bond motifs is 6. The van der Waals surface area contributed by atoms with Crippen LogP contribution < -0.4 is 0 Å². The van der Waals surface area contributed by atoms with Crippen LogP contribution in [0.1, 0.15) is 25.0 Å². The second-order valence-corrected chi connectivity index (χ2v) is 15.9. The summed E-state index contributed by atoms with van der Waals surface area (Å²) in [6, 6.07) is 66.3. The van der Waals surface area contributed by atoms with E-state index < -0.39 is 0 Å². The van der Waals surface area contributed by atoms with Crippen molar-refractivity contribution >= 4 is 21.8 Å². The van der Waals surface area contributed by atoms with Gasteiger partial charge in [0.2, 0.25) is 0 Å². The largest absolute Gasteiger partial charge is 0.309 e. The van der Waals surface area contributed by atoms with Gasteiger partial charge in [-0.05, 0) is 140 Å². The van der Waals surface area contributed by atoms with Crippen molar-refractivity contribution in [3.8, 4) is 72.6 Å². The van der Waals surface area contributed by atoms with Gasteiger partial charge in [0, 0.05) is 51.6 Å². The SMILES string of the molecule is CC1(C)c2cc(-c3ccc(-c4cc(-c5cccnc5)cc(-c5ccccn5)c4)cc3)ccc2-c2ccc(-c3ccc4c(c3)c3ccccc3n4-c3ccccc3)cc21. The summed E-state index contributed by atoms with van der Waals surface area (Å²) in [4.78, 5) is 9.05. The van der Waals surface area contributed by atoms with Crippen molar-refractivity contribution in [1.29, 1.82) is 0 Å². The molecule has 0 unspecified atom stereocenters. The molecule has 0 bridgehead atoms. The number of hydrogen-bond donors (Lipinski definition) is 0. The molecule has 3 heterocycles. The number of benzene rings is 7. The van der Waals surface area contributed by atoms with Gasteiger partial charge in [-0.25, -0.2) is 0 Å². The van der Waals surface area contributed by atoms with Gasteiger partial charge in [-0.15, -0.1) is 0 Å². The first kappa shape index (κ1) is 33.9. The van der Waals surface area contributed by atoms with Crippen molar-refractivity contribution in [2.24, 2.45) is 0 Å². The highest BCUT2D eigenvalue weighted by Gasteiger charge is 2.36. The summed E-state index contributed by atoms with van der Waals surface area (Å²) in [7, 11) is 0. The summed E-state index contributed by atoms with van der Waals surface area (Å²) in [5, 5.41) is 2.54. The van der Waals surface area contributed by atoms with Crippen LogP contribution in [-0.2, 0) is 5.41 Å². The fourth-order valence-corrected chi connectivity index (χ4v) is 9.14. The standard InChI is InChI=1S/C55H39N3/c1-55(2)50-33-39(36-17-19-37(20-18-36)42-29-43(41-11-10-27-56-35-41)31-44(30-42)52-15-8-9-28-57-52)21-24-46(50)47-25-22-40(34-51(47)55)38-23-26-54-49(32-38)48-14-6-7-16-53(48)58(54)45-12-4-3-5-13-45/h3-35H,1-2H3. The van der Waals surface area contributed by atoms with E-state index in [4.69, 9.17) is 0 Å². The monoisotopic (exact) mass is 741 g/mol. The van der Waals surface area contributed by atoms with Crippen LogP contribution >= 0.6 is 0 Å². The normalized spacial score (nSPS) is 12.8. The fraction of sp³-hybridized carbons (Fsp3) is 0.0545. The quantitative estimate of drug-likeness (QED) is 0.170. The number of nitrogens with zero attached hydrogens (tertiary/aromatic N) is 3. The second-order valence-electron chi connectivity index (χ2n) is 15.9. The minimum absolute atomic E-state index is 0.154. The van der Waals surface area contributed by atoms with E-state index in [1.54, 1.807) is 0 Å². The third-order valence-corrected chi connectivity index (χ3v) is 12.1. The molecule has 0 fully saturated rings. The van der Waals surface area contributed by atoms with E-state index in [1.165, 1.54) is 72.0 Å². The van der Waals surface area contributed by atoms with E-state index in [-0.39, 0.29) is 5.41 Å². The second kappa shape index (κ2) is 13.4. The van der Waals surface area contributed by atoms with Crippen LogP contribution in [0.4, 0.5) is 0 Å². The molecule has 1 aliphatic rings. The highest BCUT2D eigenvalue weighted by Crippen LogP contribution is 2.51. The zero-order valence-corrected chi connectivity index (χ0v) is 32.4. The van der Waals surface area contributed by atoms with Gasteiger partial charge in [0.05, 0.1) is 16.7 Å². The number of pyridine rings is 2. The summed E-state index contributed by atoms with van der Waals surface area (Å²) in [6.45, 7) is 4.75. The average Bonchev–Trinajstić information content (AvgIpc) is 3.74. The molecule has 3 nitrogen and oxygen atoms in total. The maximum atomic E-state index is 4.66. The maximum absolute atomic E-state index is 4.66. The predicted molar refractivity (Wildman–Crippen MR) is 241 cm³/mol. The van der Waals surface area contributed by atoms with Gasteiger partial charge in [-0.2, -0.15) is 0 Å². The molecule has 58 heavy (non-hydrogen) atoms. The predicted octanol–water partition coefficient (Wildman–Crippen LogP) is 14.2. The van der Waals surface area contributed by atoms with Gasteiger partial charge in [0.25, 0.3) is 0 Å². The topological polar surface area (TPSA) is 30.7 Å². The smallest absolute Gasteiger partial charge is 0.0702 e. The lowest BCUT2D eigenvalue weighted by molar-refractivity contribution is 0.661. The van der Waals surface area contributed by atoms with Crippen LogP contribution in [0.15, 0.2) is 201 Å². The third kappa shape index (κ3) is 5.58. The van der Waals surface area contributed by atoms with Crippen LogP contribution in [0.25, 0.3) is 94.4 Å². The summed E-state index contributed by atoms with van der Waals surface area (Å²) in [5.41, 5.74) is 20.3. The molecule has 0 saturated heterocycles. The molecule has 0 radical (unpaired) electrons. The summed E-state index contributed by atoms with van der Waals surface area (Å²) >= 11 is 0. The van der Waals surface area contributed by atoms with Crippen LogP contribution in [-0.4, -0.2) is 14.5 Å². The molecule has 0 atom stereocenters. The highest BCUT2D eigenvalue weighted by atomic mass is 15.0. The highest BCUT2D eigenvalue weighted by molar-refractivity contribution is 6.10. The lowest BCUT2D eigenvalue weighted by atomic mass is 9.80. The van der Waals surface area contributed by atoms with Gasteiger partial charge in [-0.1, -0.05) is 117 Å². The first-order chi connectivity index (χ1) is 28.5. The molecule has 0 spiro atoms. The number of rotatable bonds is 6. The Morgan fingerprint density at radius 3 is 1.69 bits per heavy atom. The molecular weight excluding hydrogens is 703 g/mol. The van der Waals surface area contributed by atoms with Crippen LogP contribution in [0, 0.1) is 0 Å². The van der Waals surface area contributed by atoms with E-state index in [0.717, 1.165) is 33.5 Å². The van der Waals surface area contributed by atoms with Crippen molar-refractivity contribution in [3.05, 3.63) is 212 Å². The van der Waals surface area contributed by atoms with E-state index in [1.807, 2.05) is 36.8 Å². The fourth-order valence-electron chi connectivity index (χ4n) is 9.14. The molecule has 0 saturated carbocycles. The first-order valence-electron chi connectivity index (χ1n) is 20.0. The van der Waals surface area contributed by atoms with Gasteiger partial charge in [-0.3, -0.25) is 9.97 Å². The van der Waals surface area contributed by atoms with E-state index in [2.05, 4.69) is 192 Å². The Kier molecular flexibility index (Phi) is 7.84. The Bertz CT molecular complexity index is 3100. The van der Waals surface area contributed by atoms with Crippen molar-refractivity contribution in [3.63, 3.8) is 0 Å². The van der Waals surface area contributed by atoms with Gasteiger partial charge < -0.3 is 4.57 Å². The van der Waals surface area contributed by atoms with Crippen molar-refractivity contribution < 1.29 is 0 Å². The van der Waals surface area contributed by atoms with E-state index in [0.29, 0.717) is 0 Å². The summed E-state index contributed by atoms with van der Waals surface area (Å²) < 4.78 is 2.38. The average molecular weight is 742 g/mol. The van der Waals surface area contributed by atoms with Gasteiger partial charge in [0.1, 0.15) is 0 Å². The van der Waals surface area contributed by atoms with E-state index in [9.17, 15) is 0 Å². The Morgan fingerprint density at radius 2 is 0.983 bits per heavy atom. The number of para-hydroxylation sites is 2. The molecule has 3 aromatic heterocycles. The molecule has 0 aliphatic heterocycles. The summed E-state index contributed by atoms with van der Waals surface area (Å²) in [6.07, 6.45) is 5.59. The molecule has 0 amide bonds. The van der Waals surface area contributed by atoms with Crippen LogP contribution in [0.3, 0.4) is 0 Å². The van der Waals surface area contributed by atoms with Crippen molar-refractivity contribution in [1.82, 2.24) is 14.5 Å². The molecule has 7 aromatic carbocycles. The molecule has 11 rings (SSSR count). The van der Waals surface area contributed by atoms with E-state index >= 15 is 0 Å². The minimum Gasteiger partial charge on any atom is -0.309 e. The van der Waals surface area contributed by atoms with Crippen LogP contribution in [0.2, 0.25) is 0 Å². The molecular formula is C55H39N3. The Balaban J connectivity index is 0.925. The minimum atomic E-state index is -0.154. The van der Waals surface area contributed by atoms with Crippen LogP contribution in [0.5, 0.6) is 0 Å². The molecule has 274 valence electrons. The molecule has 1 aliphatic carbocycles. The van der Waals surface area contributed by atoms with Gasteiger partial charge >= 0.3 is 0 Å². The lowest BCUT2D eigenvalue weighted by Crippen LogP contribution is -2.15. The Hall–Kier alpha value is -7.36. The molecule has 0 N–H and O–H groups in total.